The maximum Gasteiger partial charge on any atom is 0.573 e. The summed E-state index contributed by atoms with van der Waals surface area (Å²) in [5.41, 5.74) is 1.47. The third-order valence-electron chi connectivity index (χ3n) is 7.82. The standard InChI is InChI=1S/C24H26F3NO3/c25-24(26,27)30-21-4-2-1-3-18(21)22-20(23(31-28-22)14-5-6-14)12-29-17-8-13-7-15-10-16(11-17)19(15)9-13/h1-4,13-17,19H,5-12H2/t13-,15?,16+,17+,19?/m1/s1. The molecule has 0 amide bonds. The molecule has 4 saturated carbocycles. The Morgan fingerprint density at radius 3 is 2.61 bits per heavy atom. The van der Waals surface area contributed by atoms with Gasteiger partial charge in [-0.15, -0.1) is 13.2 Å². The second-order valence-corrected chi connectivity index (χ2v) is 9.85. The molecule has 1 heterocycles. The third-order valence-corrected chi connectivity index (χ3v) is 7.82. The third kappa shape index (κ3) is 3.75. The number of hydrogen-bond donors (Lipinski definition) is 0. The molecule has 0 radical (unpaired) electrons. The van der Waals surface area contributed by atoms with Gasteiger partial charge in [0.25, 0.3) is 0 Å². The molecule has 4 fully saturated rings. The van der Waals surface area contributed by atoms with Gasteiger partial charge in [0.15, 0.2) is 0 Å². The van der Waals surface area contributed by atoms with Crippen LogP contribution in [0, 0.1) is 23.7 Å². The van der Waals surface area contributed by atoms with E-state index in [9.17, 15) is 13.2 Å². The summed E-state index contributed by atoms with van der Waals surface area (Å²) in [6, 6.07) is 6.12. The highest BCUT2D eigenvalue weighted by Crippen LogP contribution is 2.58. The first-order valence-corrected chi connectivity index (χ1v) is 11.4. The number of benzene rings is 1. The summed E-state index contributed by atoms with van der Waals surface area (Å²) in [5.74, 6) is 4.18. The second-order valence-electron chi connectivity index (χ2n) is 9.85. The number of halogens is 3. The van der Waals surface area contributed by atoms with Crippen LogP contribution in [-0.4, -0.2) is 17.6 Å². The van der Waals surface area contributed by atoms with Crippen molar-refractivity contribution >= 4 is 0 Å². The molecule has 5 atom stereocenters. The molecule has 4 aliphatic rings. The molecule has 4 nitrogen and oxygen atoms in total. The number of aromatic nitrogens is 1. The fourth-order valence-corrected chi connectivity index (χ4v) is 6.31. The molecule has 1 aromatic carbocycles. The summed E-state index contributed by atoms with van der Waals surface area (Å²) in [6.45, 7) is 0.323. The first-order valence-electron chi connectivity index (χ1n) is 11.4. The number of fused-ring (bicyclic) bond motifs is 1. The van der Waals surface area contributed by atoms with Crippen LogP contribution in [0.1, 0.15) is 62.2 Å². The van der Waals surface area contributed by atoms with Crippen LogP contribution in [0.25, 0.3) is 11.3 Å². The molecule has 4 aliphatic carbocycles. The van der Waals surface area contributed by atoms with Crippen molar-refractivity contribution in [1.29, 1.82) is 0 Å². The van der Waals surface area contributed by atoms with E-state index in [1.54, 1.807) is 12.1 Å². The summed E-state index contributed by atoms with van der Waals surface area (Å²) < 4.78 is 55.1. The van der Waals surface area contributed by atoms with Crippen molar-refractivity contribution in [2.45, 2.75) is 69.9 Å². The number of para-hydroxylation sites is 1. The Balaban J connectivity index is 1.26. The van der Waals surface area contributed by atoms with E-state index in [0.717, 1.165) is 60.7 Å². The van der Waals surface area contributed by atoms with Crippen molar-refractivity contribution in [1.82, 2.24) is 5.16 Å². The average molecular weight is 433 g/mol. The largest absolute Gasteiger partial charge is 0.573 e. The van der Waals surface area contributed by atoms with E-state index in [1.165, 1.54) is 31.4 Å². The Bertz CT molecular complexity index is 963. The van der Waals surface area contributed by atoms with E-state index < -0.39 is 6.36 Å². The van der Waals surface area contributed by atoms with Crippen LogP contribution >= 0.6 is 0 Å². The van der Waals surface area contributed by atoms with Crippen molar-refractivity contribution in [3.63, 3.8) is 0 Å². The quantitative estimate of drug-likeness (QED) is 0.525. The van der Waals surface area contributed by atoms with Crippen LogP contribution in [0.15, 0.2) is 28.8 Å². The summed E-state index contributed by atoms with van der Waals surface area (Å²) >= 11 is 0. The Morgan fingerprint density at radius 2 is 1.81 bits per heavy atom. The number of alkyl halides is 3. The lowest BCUT2D eigenvalue weighted by atomic mass is 9.64. The first kappa shape index (κ1) is 19.6. The highest BCUT2D eigenvalue weighted by molar-refractivity contribution is 5.70. The van der Waals surface area contributed by atoms with Crippen LogP contribution in [-0.2, 0) is 11.3 Å². The minimum Gasteiger partial charge on any atom is -0.405 e. The van der Waals surface area contributed by atoms with Crippen molar-refractivity contribution < 1.29 is 27.2 Å². The molecule has 2 unspecified atom stereocenters. The zero-order valence-corrected chi connectivity index (χ0v) is 17.2. The van der Waals surface area contributed by atoms with Gasteiger partial charge in [0.1, 0.15) is 17.2 Å². The van der Waals surface area contributed by atoms with Crippen molar-refractivity contribution in [3.8, 4) is 17.0 Å². The van der Waals surface area contributed by atoms with Crippen molar-refractivity contribution in [2.75, 3.05) is 0 Å². The van der Waals surface area contributed by atoms with E-state index in [4.69, 9.17) is 9.26 Å². The fraction of sp³-hybridized carbons (Fsp3) is 0.625. The number of hydrogen-bond acceptors (Lipinski definition) is 4. The number of rotatable bonds is 6. The monoisotopic (exact) mass is 433 g/mol. The minimum absolute atomic E-state index is 0.206. The topological polar surface area (TPSA) is 44.5 Å². The number of nitrogens with zero attached hydrogens (tertiary/aromatic N) is 1. The molecule has 0 saturated heterocycles. The van der Waals surface area contributed by atoms with Gasteiger partial charge in [-0.2, -0.15) is 0 Å². The molecular formula is C24H26F3NO3. The Hall–Kier alpha value is -2.02. The van der Waals surface area contributed by atoms with Crippen LogP contribution in [0.2, 0.25) is 0 Å². The van der Waals surface area contributed by atoms with Crippen molar-refractivity contribution in [2.24, 2.45) is 23.7 Å². The van der Waals surface area contributed by atoms with Gasteiger partial charge in [0.05, 0.1) is 12.7 Å². The molecule has 2 bridgehead atoms. The van der Waals surface area contributed by atoms with E-state index in [-0.39, 0.29) is 23.3 Å². The van der Waals surface area contributed by atoms with E-state index in [0.29, 0.717) is 12.3 Å². The predicted octanol–water partition coefficient (Wildman–Crippen LogP) is 6.46. The van der Waals surface area contributed by atoms with Crippen LogP contribution in [0.3, 0.4) is 0 Å². The van der Waals surface area contributed by atoms with E-state index in [2.05, 4.69) is 9.89 Å². The van der Waals surface area contributed by atoms with Gasteiger partial charge >= 0.3 is 6.36 Å². The molecule has 2 aromatic rings. The Labute approximate surface area is 179 Å². The normalized spacial score (nSPS) is 31.9. The fourth-order valence-electron chi connectivity index (χ4n) is 6.31. The maximum absolute atomic E-state index is 12.9. The lowest BCUT2D eigenvalue weighted by Gasteiger charge is -2.42. The van der Waals surface area contributed by atoms with Crippen LogP contribution in [0.5, 0.6) is 5.75 Å². The molecular weight excluding hydrogens is 407 g/mol. The van der Waals surface area contributed by atoms with Crippen LogP contribution in [0.4, 0.5) is 13.2 Å². The Kier molecular flexibility index (Phi) is 4.60. The molecule has 1 aromatic heterocycles. The maximum atomic E-state index is 12.9. The molecule has 6 rings (SSSR count). The lowest BCUT2D eigenvalue weighted by molar-refractivity contribution is -0.274. The first-order chi connectivity index (χ1) is 14.9. The summed E-state index contributed by atoms with van der Waals surface area (Å²) in [4.78, 5) is 0. The summed E-state index contributed by atoms with van der Waals surface area (Å²) in [7, 11) is 0. The second kappa shape index (κ2) is 7.26. The van der Waals surface area contributed by atoms with Crippen molar-refractivity contribution in [3.05, 3.63) is 35.6 Å². The summed E-state index contributed by atoms with van der Waals surface area (Å²) in [5, 5.41) is 4.18. The summed E-state index contributed by atoms with van der Waals surface area (Å²) in [6.07, 6.45) is 3.70. The van der Waals surface area contributed by atoms with Crippen LogP contribution < -0.4 is 4.74 Å². The lowest BCUT2D eigenvalue weighted by Crippen LogP contribution is -2.35. The predicted molar refractivity (Wildman–Crippen MR) is 106 cm³/mol. The average Bonchev–Trinajstić information content (AvgIpc) is 3.39. The minimum atomic E-state index is -4.77. The molecule has 7 heteroatoms. The van der Waals surface area contributed by atoms with Gasteiger partial charge in [-0.1, -0.05) is 17.3 Å². The number of ether oxygens (including phenoxy) is 2. The van der Waals surface area contributed by atoms with Gasteiger partial charge in [0, 0.05) is 17.0 Å². The molecule has 0 aliphatic heterocycles. The Morgan fingerprint density at radius 1 is 1.00 bits per heavy atom. The van der Waals surface area contributed by atoms with Gasteiger partial charge in [0.2, 0.25) is 0 Å². The molecule has 0 spiro atoms. The highest BCUT2D eigenvalue weighted by atomic mass is 19.4. The van der Waals surface area contributed by atoms with Gasteiger partial charge < -0.3 is 14.0 Å². The molecule has 31 heavy (non-hydrogen) atoms. The molecule has 166 valence electrons. The zero-order valence-electron chi connectivity index (χ0n) is 17.2. The highest BCUT2D eigenvalue weighted by Gasteiger charge is 2.50. The van der Waals surface area contributed by atoms with Gasteiger partial charge in [-0.3, -0.25) is 0 Å². The van der Waals surface area contributed by atoms with Gasteiger partial charge in [-0.05, 0) is 80.8 Å². The zero-order chi connectivity index (χ0) is 21.2. The van der Waals surface area contributed by atoms with Gasteiger partial charge in [-0.25, -0.2) is 0 Å². The van der Waals surface area contributed by atoms with E-state index in [1.807, 2.05) is 0 Å². The molecule has 0 N–H and O–H groups in total. The smallest absolute Gasteiger partial charge is 0.405 e. The SMILES string of the molecule is FC(F)(F)Oc1ccccc1-c1noc(C2CC2)c1CO[C@H]1C[C@H]2CC3C[C@@H](C1)C3C2. The van der Waals surface area contributed by atoms with E-state index >= 15 is 0 Å².